The third-order valence-electron chi connectivity index (χ3n) is 6.10. The van der Waals surface area contributed by atoms with Crippen molar-refractivity contribution in [2.45, 2.75) is 32.6 Å². The van der Waals surface area contributed by atoms with Gasteiger partial charge in [0.1, 0.15) is 10.6 Å². The van der Waals surface area contributed by atoms with Gasteiger partial charge in [0.15, 0.2) is 6.61 Å². The summed E-state index contributed by atoms with van der Waals surface area (Å²) in [6.07, 6.45) is 0. The lowest BCUT2D eigenvalue weighted by atomic mass is 9.93. The maximum atomic E-state index is 13.1. The predicted molar refractivity (Wildman–Crippen MR) is 123 cm³/mol. The highest BCUT2D eigenvalue weighted by molar-refractivity contribution is 7.89. The van der Waals surface area contributed by atoms with Crippen LogP contribution in [0.25, 0.3) is 0 Å². The molecule has 3 rings (SSSR count). The van der Waals surface area contributed by atoms with Crippen LogP contribution in [0.1, 0.15) is 43.0 Å². The number of ether oxygens (including phenoxy) is 3. The molecule has 1 aliphatic heterocycles. The Bertz CT molecular complexity index is 1180. The molecule has 2 aromatic rings. The van der Waals surface area contributed by atoms with E-state index in [0.717, 1.165) is 22.3 Å². The van der Waals surface area contributed by atoms with E-state index >= 15 is 0 Å². The van der Waals surface area contributed by atoms with Gasteiger partial charge in [-0.2, -0.15) is 4.31 Å². The van der Waals surface area contributed by atoms with Crippen LogP contribution < -0.4 is 4.74 Å². The average molecular weight is 476 g/mol. The summed E-state index contributed by atoms with van der Waals surface area (Å²) in [6.45, 7) is 8.31. The molecule has 0 bridgehead atoms. The van der Waals surface area contributed by atoms with Crippen LogP contribution in [0.2, 0.25) is 0 Å². The van der Waals surface area contributed by atoms with Crippen LogP contribution in [0.5, 0.6) is 5.75 Å². The number of sulfonamides is 1. The van der Waals surface area contributed by atoms with Crippen molar-refractivity contribution in [2.24, 2.45) is 0 Å². The summed E-state index contributed by atoms with van der Waals surface area (Å²) in [5.74, 6) is -0.986. The van der Waals surface area contributed by atoms with E-state index < -0.39 is 22.6 Å². The molecule has 8 nitrogen and oxygen atoms in total. The fourth-order valence-electron chi connectivity index (χ4n) is 3.73. The van der Waals surface area contributed by atoms with Crippen LogP contribution in [0.4, 0.5) is 0 Å². The van der Waals surface area contributed by atoms with Gasteiger partial charge in [0.25, 0.3) is 0 Å². The Hall–Kier alpha value is -2.75. The topological polar surface area (TPSA) is 99.2 Å². The zero-order valence-electron chi connectivity index (χ0n) is 19.6. The predicted octanol–water partition coefficient (Wildman–Crippen LogP) is 2.99. The van der Waals surface area contributed by atoms with Crippen LogP contribution in [-0.2, 0) is 19.5 Å². The molecular weight excluding hydrogens is 446 g/mol. The molecule has 0 saturated carbocycles. The first kappa shape index (κ1) is 24.9. The van der Waals surface area contributed by atoms with Gasteiger partial charge in [-0.15, -0.1) is 0 Å². The van der Waals surface area contributed by atoms with E-state index in [4.69, 9.17) is 14.2 Å². The Morgan fingerprint density at radius 1 is 1.00 bits per heavy atom. The first-order chi connectivity index (χ1) is 15.6. The quantitative estimate of drug-likeness (QED) is 0.448. The van der Waals surface area contributed by atoms with Crippen molar-refractivity contribution in [1.29, 1.82) is 0 Å². The molecule has 0 aliphatic carbocycles. The number of hydrogen-bond donors (Lipinski definition) is 0. The zero-order chi connectivity index (χ0) is 24.3. The zero-order valence-corrected chi connectivity index (χ0v) is 20.4. The molecule has 0 aromatic heterocycles. The number of ketones is 1. The van der Waals surface area contributed by atoms with Gasteiger partial charge >= 0.3 is 5.97 Å². The number of benzene rings is 2. The third-order valence-corrected chi connectivity index (χ3v) is 8.02. The minimum atomic E-state index is -3.90. The number of rotatable bonds is 7. The summed E-state index contributed by atoms with van der Waals surface area (Å²) in [4.78, 5) is 25.3. The number of nitrogens with zero attached hydrogens (tertiary/aromatic N) is 1. The van der Waals surface area contributed by atoms with Crippen molar-refractivity contribution in [1.82, 2.24) is 4.31 Å². The van der Waals surface area contributed by atoms with Crippen molar-refractivity contribution in [3.63, 3.8) is 0 Å². The third kappa shape index (κ3) is 5.10. The van der Waals surface area contributed by atoms with E-state index in [2.05, 4.69) is 0 Å². The lowest BCUT2D eigenvalue weighted by molar-refractivity contribution is 0.0474. The summed E-state index contributed by atoms with van der Waals surface area (Å²) in [5, 5.41) is 0. The molecule has 33 heavy (non-hydrogen) atoms. The fraction of sp³-hybridized carbons (Fsp3) is 0.417. The summed E-state index contributed by atoms with van der Waals surface area (Å²) < 4.78 is 43.2. The van der Waals surface area contributed by atoms with Crippen molar-refractivity contribution in [3.8, 4) is 5.75 Å². The molecule has 0 atom stereocenters. The molecule has 178 valence electrons. The maximum absolute atomic E-state index is 13.1. The van der Waals surface area contributed by atoms with Gasteiger partial charge in [0.05, 0.1) is 25.9 Å². The first-order valence-corrected chi connectivity index (χ1v) is 12.1. The molecule has 1 heterocycles. The highest BCUT2D eigenvalue weighted by Gasteiger charge is 2.30. The highest BCUT2D eigenvalue weighted by Crippen LogP contribution is 2.29. The fourth-order valence-corrected chi connectivity index (χ4v) is 5.31. The molecule has 0 radical (unpaired) electrons. The van der Waals surface area contributed by atoms with Crippen LogP contribution in [-0.4, -0.2) is 64.5 Å². The van der Waals surface area contributed by atoms with Gasteiger partial charge in [-0.05, 0) is 74.2 Å². The number of carbonyl (C=O) groups is 2. The number of carbonyl (C=O) groups excluding carboxylic acids is 2. The number of morpholine rings is 1. The molecule has 0 spiro atoms. The maximum Gasteiger partial charge on any atom is 0.338 e. The number of hydrogen-bond acceptors (Lipinski definition) is 7. The standard InChI is InChI=1S/C24H29NO7S/c1-15-12-20(18(4)17(3)16(15)2)21(26)14-32-24(27)19-6-7-22(30-5)23(13-19)33(28,29)25-8-10-31-11-9-25/h6-7,12-13H,8-11,14H2,1-5H3. The number of methoxy groups -OCH3 is 1. The number of esters is 1. The summed E-state index contributed by atoms with van der Waals surface area (Å²) in [5.41, 5.74) is 4.51. The Morgan fingerprint density at radius 3 is 2.30 bits per heavy atom. The Labute approximate surface area is 194 Å². The summed E-state index contributed by atoms with van der Waals surface area (Å²) >= 11 is 0. The Kier molecular flexibility index (Phi) is 7.56. The van der Waals surface area contributed by atoms with Crippen molar-refractivity contribution >= 4 is 21.8 Å². The molecule has 9 heteroatoms. The van der Waals surface area contributed by atoms with Gasteiger partial charge in [0.2, 0.25) is 15.8 Å². The Balaban J connectivity index is 1.81. The second-order valence-corrected chi connectivity index (χ2v) is 9.90. The average Bonchev–Trinajstić information content (AvgIpc) is 2.83. The minimum Gasteiger partial charge on any atom is -0.495 e. The van der Waals surface area contributed by atoms with E-state index in [1.54, 1.807) is 6.07 Å². The first-order valence-electron chi connectivity index (χ1n) is 10.6. The van der Waals surface area contributed by atoms with Crippen molar-refractivity contribution in [2.75, 3.05) is 40.0 Å². The lowest BCUT2D eigenvalue weighted by Crippen LogP contribution is -2.40. The van der Waals surface area contributed by atoms with E-state index in [1.807, 2.05) is 27.7 Å². The second-order valence-electron chi connectivity index (χ2n) is 8.00. The van der Waals surface area contributed by atoms with Crippen LogP contribution in [0.15, 0.2) is 29.2 Å². The van der Waals surface area contributed by atoms with Gasteiger partial charge in [-0.3, -0.25) is 4.79 Å². The molecule has 1 saturated heterocycles. The van der Waals surface area contributed by atoms with Crippen LogP contribution >= 0.6 is 0 Å². The molecular formula is C24H29NO7S. The second kappa shape index (κ2) is 10.0. The molecule has 0 N–H and O–H groups in total. The summed E-state index contributed by atoms with van der Waals surface area (Å²) in [6, 6.07) is 5.84. The van der Waals surface area contributed by atoms with Gasteiger partial charge in [0, 0.05) is 18.7 Å². The van der Waals surface area contributed by atoms with Crippen molar-refractivity contribution < 1.29 is 32.2 Å². The molecule has 1 aliphatic rings. The van der Waals surface area contributed by atoms with E-state index in [0.29, 0.717) is 18.8 Å². The molecule has 1 fully saturated rings. The summed E-state index contributed by atoms with van der Waals surface area (Å²) in [7, 11) is -2.54. The Morgan fingerprint density at radius 2 is 1.67 bits per heavy atom. The normalized spacial score (nSPS) is 14.7. The van der Waals surface area contributed by atoms with E-state index in [1.165, 1.54) is 29.6 Å². The van der Waals surface area contributed by atoms with Gasteiger partial charge in [-0.25, -0.2) is 13.2 Å². The van der Waals surface area contributed by atoms with Gasteiger partial charge in [-0.1, -0.05) is 0 Å². The molecule has 0 amide bonds. The number of aryl methyl sites for hydroxylation is 1. The SMILES string of the molecule is COc1ccc(C(=O)OCC(=O)c2cc(C)c(C)c(C)c2C)cc1S(=O)(=O)N1CCOCC1. The van der Waals surface area contributed by atoms with Crippen LogP contribution in [0.3, 0.4) is 0 Å². The lowest BCUT2D eigenvalue weighted by Gasteiger charge is -2.26. The molecule has 2 aromatic carbocycles. The molecule has 0 unspecified atom stereocenters. The largest absolute Gasteiger partial charge is 0.495 e. The smallest absolute Gasteiger partial charge is 0.338 e. The van der Waals surface area contributed by atoms with Gasteiger partial charge < -0.3 is 14.2 Å². The number of Topliss-reactive ketones (excluding diaryl/α,β-unsaturated/α-hetero) is 1. The van der Waals surface area contributed by atoms with Crippen LogP contribution in [0, 0.1) is 27.7 Å². The van der Waals surface area contributed by atoms with E-state index in [-0.39, 0.29) is 35.1 Å². The van der Waals surface area contributed by atoms with E-state index in [9.17, 15) is 18.0 Å². The monoisotopic (exact) mass is 475 g/mol. The highest BCUT2D eigenvalue weighted by atomic mass is 32.2. The minimum absolute atomic E-state index is 0.0171. The van der Waals surface area contributed by atoms with Crippen molar-refractivity contribution in [3.05, 3.63) is 57.6 Å².